The van der Waals surface area contributed by atoms with Gasteiger partial charge < -0.3 is 19.7 Å². The monoisotopic (exact) mass is 428 g/mol. The third kappa shape index (κ3) is 4.49. The van der Waals surface area contributed by atoms with Crippen molar-refractivity contribution >= 4 is 29.3 Å². The van der Waals surface area contributed by atoms with Crippen LogP contribution in [0.2, 0.25) is 0 Å². The Balaban J connectivity index is 1.41. The maximum atomic E-state index is 12.9. The molecule has 0 atom stereocenters. The van der Waals surface area contributed by atoms with Crippen molar-refractivity contribution in [1.82, 2.24) is 0 Å². The zero-order chi connectivity index (χ0) is 22.5. The van der Waals surface area contributed by atoms with Gasteiger partial charge in [-0.15, -0.1) is 0 Å². The van der Waals surface area contributed by atoms with Gasteiger partial charge in [-0.1, -0.05) is 18.2 Å². The number of fused-ring (bicyclic) bond motifs is 1. The first kappa shape index (κ1) is 21.2. The molecule has 3 aromatic carbocycles. The first-order valence-corrected chi connectivity index (χ1v) is 10.3. The van der Waals surface area contributed by atoms with Crippen molar-refractivity contribution < 1.29 is 19.1 Å². The lowest BCUT2D eigenvalue weighted by Gasteiger charge is -2.17. The van der Waals surface area contributed by atoms with E-state index in [0.717, 1.165) is 17.7 Å². The van der Waals surface area contributed by atoms with E-state index in [1.54, 1.807) is 67.7 Å². The molecular weight excluding hydrogens is 404 g/mol. The normalized spacial score (nSPS) is 12.5. The van der Waals surface area contributed by atoms with Crippen molar-refractivity contribution in [2.45, 2.75) is 6.42 Å². The largest absolute Gasteiger partial charge is 0.497 e. The molecule has 0 bridgehead atoms. The second-order valence-corrected chi connectivity index (χ2v) is 7.34. The molecule has 1 aliphatic rings. The Morgan fingerprint density at radius 1 is 0.969 bits per heavy atom. The summed E-state index contributed by atoms with van der Waals surface area (Å²) in [4.78, 5) is 27.1. The molecule has 3 aromatic rings. The van der Waals surface area contributed by atoms with Gasteiger partial charge in [0.25, 0.3) is 5.91 Å². The van der Waals surface area contributed by atoms with Crippen LogP contribution in [0.4, 0.5) is 11.4 Å². The summed E-state index contributed by atoms with van der Waals surface area (Å²) >= 11 is 0. The van der Waals surface area contributed by atoms with E-state index >= 15 is 0 Å². The zero-order valence-corrected chi connectivity index (χ0v) is 18.0. The van der Waals surface area contributed by atoms with Crippen molar-refractivity contribution in [2.75, 3.05) is 31.0 Å². The second kappa shape index (κ2) is 9.39. The quantitative estimate of drug-likeness (QED) is 0.585. The first-order valence-electron chi connectivity index (χ1n) is 10.3. The van der Waals surface area contributed by atoms with Gasteiger partial charge in [-0.3, -0.25) is 9.59 Å². The average Bonchev–Trinajstić information content (AvgIpc) is 3.26. The van der Waals surface area contributed by atoms with Gasteiger partial charge in [0.1, 0.15) is 11.5 Å². The molecule has 1 heterocycles. The Morgan fingerprint density at radius 2 is 1.75 bits per heavy atom. The van der Waals surface area contributed by atoms with E-state index in [-0.39, 0.29) is 11.8 Å². The third-order valence-electron chi connectivity index (χ3n) is 5.38. The van der Waals surface area contributed by atoms with E-state index in [1.165, 1.54) is 11.6 Å². The average molecular weight is 428 g/mol. The van der Waals surface area contributed by atoms with E-state index in [9.17, 15) is 9.59 Å². The van der Waals surface area contributed by atoms with Crippen LogP contribution in [0.25, 0.3) is 6.08 Å². The van der Waals surface area contributed by atoms with Crippen LogP contribution in [0.15, 0.2) is 72.8 Å². The highest BCUT2D eigenvalue weighted by Gasteiger charge is 2.24. The molecule has 0 saturated carbocycles. The highest BCUT2D eigenvalue weighted by atomic mass is 16.5. The highest BCUT2D eigenvalue weighted by molar-refractivity contribution is 6.08. The number of rotatable bonds is 6. The van der Waals surface area contributed by atoms with E-state index in [1.807, 2.05) is 18.2 Å². The van der Waals surface area contributed by atoms with Crippen LogP contribution in [0, 0.1) is 0 Å². The van der Waals surface area contributed by atoms with Crippen molar-refractivity contribution in [2.24, 2.45) is 0 Å². The number of hydrogen-bond donors (Lipinski definition) is 1. The molecule has 6 nitrogen and oxygen atoms in total. The Morgan fingerprint density at radius 3 is 2.50 bits per heavy atom. The number of nitrogens with zero attached hydrogens (tertiary/aromatic N) is 1. The maximum absolute atomic E-state index is 12.9. The van der Waals surface area contributed by atoms with E-state index in [2.05, 4.69) is 11.4 Å². The van der Waals surface area contributed by atoms with Crippen LogP contribution in [-0.2, 0) is 11.2 Å². The molecule has 162 valence electrons. The summed E-state index contributed by atoms with van der Waals surface area (Å²) < 4.78 is 10.5. The Kier molecular flexibility index (Phi) is 6.22. The summed E-state index contributed by atoms with van der Waals surface area (Å²) in [5.41, 5.74) is 4.07. The standard InChI is InChI=1S/C26H24N2O4/c1-31-22-12-13-24(32-2)20(17-22)9-14-25(29)27-21-10-7-19(8-11-21)26(30)28-16-15-18-5-3-4-6-23(18)28/h3-14,17H,15-16H2,1-2H3,(H,27,29)/b14-9+. The number of amides is 2. The Hall–Kier alpha value is -4.06. The summed E-state index contributed by atoms with van der Waals surface area (Å²) in [5.74, 6) is 0.980. The maximum Gasteiger partial charge on any atom is 0.258 e. The molecule has 4 rings (SSSR count). The minimum Gasteiger partial charge on any atom is -0.497 e. The lowest BCUT2D eigenvalue weighted by Crippen LogP contribution is -2.28. The van der Waals surface area contributed by atoms with Gasteiger partial charge in [-0.05, 0) is 66.6 Å². The van der Waals surface area contributed by atoms with Gasteiger partial charge in [0.05, 0.1) is 14.2 Å². The number of methoxy groups -OCH3 is 2. The van der Waals surface area contributed by atoms with Gasteiger partial charge in [0.2, 0.25) is 5.91 Å². The predicted octanol–water partition coefficient (Wildman–Crippen LogP) is 4.56. The summed E-state index contributed by atoms with van der Waals surface area (Å²) in [6.45, 7) is 0.676. The fraction of sp³-hybridized carbons (Fsp3) is 0.154. The van der Waals surface area contributed by atoms with E-state index in [4.69, 9.17) is 9.47 Å². The number of para-hydroxylation sites is 1. The Bertz CT molecular complexity index is 1170. The molecule has 2 amide bonds. The molecule has 6 heteroatoms. The van der Waals surface area contributed by atoms with Crippen LogP contribution in [-0.4, -0.2) is 32.6 Å². The van der Waals surface area contributed by atoms with Crippen molar-refractivity contribution in [1.29, 1.82) is 0 Å². The van der Waals surface area contributed by atoms with E-state index in [0.29, 0.717) is 29.3 Å². The van der Waals surface area contributed by atoms with Gasteiger partial charge in [0.15, 0.2) is 0 Å². The van der Waals surface area contributed by atoms with E-state index < -0.39 is 0 Å². The topological polar surface area (TPSA) is 67.9 Å². The number of benzene rings is 3. The Labute approximate surface area is 187 Å². The number of hydrogen-bond acceptors (Lipinski definition) is 4. The molecule has 0 fully saturated rings. The molecule has 0 radical (unpaired) electrons. The summed E-state index contributed by atoms with van der Waals surface area (Å²) in [7, 11) is 3.15. The van der Waals surface area contributed by atoms with Gasteiger partial charge in [-0.25, -0.2) is 0 Å². The molecule has 0 aromatic heterocycles. The van der Waals surface area contributed by atoms with Gasteiger partial charge in [0, 0.05) is 35.1 Å². The van der Waals surface area contributed by atoms with Gasteiger partial charge >= 0.3 is 0 Å². The van der Waals surface area contributed by atoms with Crippen LogP contribution < -0.4 is 19.7 Å². The molecule has 0 aliphatic carbocycles. The predicted molar refractivity (Wildman–Crippen MR) is 125 cm³/mol. The lowest BCUT2D eigenvalue weighted by molar-refractivity contribution is -0.111. The fourth-order valence-corrected chi connectivity index (χ4v) is 3.72. The van der Waals surface area contributed by atoms with Crippen LogP contribution in [0.5, 0.6) is 11.5 Å². The summed E-state index contributed by atoms with van der Waals surface area (Å²) in [5, 5.41) is 2.81. The highest BCUT2D eigenvalue weighted by Crippen LogP contribution is 2.29. The second-order valence-electron chi connectivity index (χ2n) is 7.34. The number of ether oxygens (including phenoxy) is 2. The minimum absolute atomic E-state index is 0.0437. The van der Waals surface area contributed by atoms with Gasteiger partial charge in [-0.2, -0.15) is 0 Å². The molecule has 0 spiro atoms. The molecule has 1 N–H and O–H groups in total. The van der Waals surface area contributed by atoms with Crippen molar-refractivity contribution in [3.05, 3.63) is 89.5 Å². The molecular formula is C26H24N2O4. The molecule has 0 unspecified atom stereocenters. The van der Waals surface area contributed by atoms with Crippen molar-refractivity contribution in [3.8, 4) is 11.5 Å². The smallest absolute Gasteiger partial charge is 0.258 e. The SMILES string of the molecule is COc1ccc(OC)c(/C=C/C(=O)Nc2ccc(C(=O)N3CCc4ccccc43)cc2)c1. The van der Waals surface area contributed by atoms with Crippen LogP contribution in [0.1, 0.15) is 21.5 Å². The zero-order valence-electron chi connectivity index (χ0n) is 18.0. The van der Waals surface area contributed by atoms with Crippen molar-refractivity contribution in [3.63, 3.8) is 0 Å². The minimum atomic E-state index is -0.289. The number of carbonyl (C=O) groups excluding carboxylic acids is 2. The van der Waals surface area contributed by atoms with Crippen LogP contribution in [0.3, 0.4) is 0 Å². The molecule has 1 aliphatic heterocycles. The number of nitrogens with one attached hydrogen (secondary N) is 1. The first-order chi connectivity index (χ1) is 15.6. The summed E-state index contributed by atoms with van der Waals surface area (Å²) in [6.07, 6.45) is 3.96. The summed E-state index contributed by atoms with van der Waals surface area (Å²) in [6, 6.07) is 20.2. The fourth-order valence-electron chi connectivity index (χ4n) is 3.72. The van der Waals surface area contributed by atoms with Crippen LogP contribution >= 0.6 is 0 Å². The molecule has 0 saturated heterocycles. The number of anilines is 2. The molecule has 32 heavy (non-hydrogen) atoms. The number of carbonyl (C=O) groups is 2. The lowest BCUT2D eigenvalue weighted by atomic mass is 10.1. The third-order valence-corrected chi connectivity index (χ3v) is 5.38.